The minimum absolute atomic E-state index is 0.0102. The Bertz CT molecular complexity index is 575. The number of morpholine rings is 1. The second-order valence-electron chi connectivity index (χ2n) is 5.57. The van der Waals surface area contributed by atoms with Crippen LogP contribution in [0.15, 0.2) is 24.3 Å². The van der Waals surface area contributed by atoms with E-state index in [1.807, 2.05) is 5.01 Å². The maximum absolute atomic E-state index is 12.1. The van der Waals surface area contributed by atoms with Gasteiger partial charge in [-0.05, 0) is 24.3 Å². The topological polar surface area (TPSA) is 73.9 Å². The van der Waals surface area contributed by atoms with Gasteiger partial charge in [0.2, 0.25) is 5.91 Å². The number of urea groups is 1. The van der Waals surface area contributed by atoms with Crippen molar-refractivity contribution in [2.45, 2.75) is 12.5 Å². The monoisotopic (exact) mass is 338 g/mol. The number of hydrogen-bond donors (Lipinski definition) is 2. The van der Waals surface area contributed by atoms with Crippen molar-refractivity contribution in [2.75, 3.05) is 37.7 Å². The molecule has 2 aliphatic rings. The van der Waals surface area contributed by atoms with Crippen LogP contribution in [0.4, 0.5) is 10.5 Å². The predicted octanol–water partition coefficient (Wildman–Crippen LogP) is 0.992. The van der Waals surface area contributed by atoms with Gasteiger partial charge in [0.1, 0.15) is 0 Å². The second kappa shape index (κ2) is 7.16. The van der Waals surface area contributed by atoms with Crippen molar-refractivity contribution in [1.82, 2.24) is 15.8 Å². The van der Waals surface area contributed by atoms with Crippen molar-refractivity contribution < 1.29 is 14.3 Å². The number of rotatable bonds is 3. The Morgan fingerprint density at radius 3 is 2.61 bits per heavy atom. The van der Waals surface area contributed by atoms with Gasteiger partial charge in [-0.2, -0.15) is 0 Å². The number of halogens is 1. The molecule has 7 nitrogen and oxygen atoms in total. The fraction of sp³-hybridized carbons (Fsp3) is 0.467. The van der Waals surface area contributed by atoms with Crippen LogP contribution in [0.25, 0.3) is 0 Å². The zero-order valence-corrected chi connectivity index (χ0v) is 13.4. The van der Waals surface area contributed by atoms with Crippen LogP contribution in [0.3, 0.4) is 0 Å². The number of amides is 3. The lowest BCUT2D eigenvalue weighted by molar-refractivity contribution is -0.117. The summed E-state index contributed by atoms with van der Waals surface area (Å²) in [5, 5.41) is 5.28. The molecule has 0 spiro atoms. The van der Waals surface area contributed by atoms with Gasteiger partial charge in [-0.3, -0.25) is 10.2 Å². The van der Waals surface area contributed by atoms with Crippen molar-refractivity contribution in [3.05, 3.63) is 29.3 Å². The number of nitrogens with zero attached hydrogens (tertiary/aromatic N) is 2. The van der Waals surface area contributed by atoms with Gasteiger partial charge in [0.05, 0.1) is 19.3 Å². The summed E-state index contributed by atoms with van der Waals surface area (Å²) in [6.45, 7) is 2.98. The third-order valence-corrected chi connectivity index (χ3v) is 4.12. The van der Waals surface area contributed by atoms with Gasteiger partial charge in [-0.1, -0.05) is 11.6 Å². The number of hydrazine groups is 1. The van der Waals surface area contributed by atoms with Gasteiger partial charge in [-0.15, -0.1) is 0 Å². The summed E-state index contributed by atoms with van der Waals surface area (Å²) in [4.78, 5) is 25.8. The smallest absolute Gasteiger partial charge is 0.329 e. The van der Waals surface area contributed by atoms with E-state index in [9.17, 15) is 9.59 Å². The van der Waals surface area contributed by atoms with E-state index in [0.717, 1.165) is 5.69 Å². The molecule has 0 saturated carbocycles. The molecule has 8 heteroatoms. The minimum Gasteiger partial charge on any atom is -0.379 e. The van der Waals surface area contributed by atoms with Crippen LogP contribution >= 0.6 is 11.6 Å². The van der Waals surface area contributed by atoms with E-state index in [2.05, 4.69) is 10.7 Å². The first-order valence-electron chi connectivity index (χ1n) is 7.57. The summed E-state index contributed by atoms with van der Waals surface area (Å²) in [5.41, 5.74) is 3.57. The fourth-order valence-corrected chi connectivity index (χ4v) is 2.84. The molecule has 3 rings (SSSR count). The number of hydrogen-bond acceptors (Lipinski definition) is 4. The van der Waals surface area contributed by atoms with E-state index in [4.69, 9.17) is 16.3 Å². The molecule has 0 aromatic heterocycles. The third kappa shape index (κ3) is 4.13. The number of carbonyl (C=O) groups is 2. The van der Waals surface area contributed by atoms with Crippen LogP contribution in [-0.2, 0) is 9.53 Å². The fourth-order valence-electron chi connectivity index (χ4n) is 2.71. The highest BCUT2D eigenvalue weighted by atomic mass is 35.5. The number of ether oxygens (including phenoxy) is 1. The first-order chi connectivity index (χ1) is 11.1. The maximum atomic E-state index is 12.1. The summed E-state index contributed by atoms with van der Waals surface area (Å²) >= 11 is 5.86. The Kier molecular flexibility index (Phi) is 5.00. The van der Waals surface area contributed by atoms with Gasteiger partial charge >= 0.3 is 6.03 Å². The second-order valence-corrected chi connectivity index (χ2v) is 6.00. The predicted molar refractivity (Wildman–Crippen MR) is 86.3 cm³/mol. The lowest BCUT2D eigenvalue weighted by Crippen LogP contribution is -2.53. The van der Waals surface area contributed by atoms with Crippen molar-refractivity contribution in [3.63, 3.8) is 0 Å². The zero-order chi connectivity index (χ0) is 16.2. The Labute approximate surface area is 139 Å². The minimum atomic E-state index is -0.289. The van der Waals surface area contributed by atoms with E-state index < -0.39 is 0 Å². The molecular weight excluding hydrogens is 320 g/mol. The van der Waals surface area contributed by atoms with Crippen molar-refractivity contribution >= 4 is 29.2 Å². The van der Waals surface area contributed by atoms with Gasteiger partial charge in [0.25, 0.3) is 0 Å². The molecule has 2 fully saturated rings. The molecule has 0 aliphatic carbocycles. The van der Waals surface area contributed by atoms with Gasteiger partial charge < -0.3 is 15.0 Å². The molecule has 2 aliphatic heterocycles. The Balaban J connectivity index is 1.52. The van der Waals surface area contributed by atoms with Crippen molar-refractivity contribution in [3.8, 4) is 0 Å². The summed E-state index contributed by atoms with van der Waals surface area (Å²) in [7, 11) is 0. The standard InChI is InChI=1S/C15H19ClN4O3/c16-11-1-3-13(4-2-11)20-10-12(9-14(20)21)17-15(22)18-19-5-7-23-8-6-19/h1-4,12H,5-10H2,(H2,17,18,22)/t12-/m1/s1. The van der Waals surface area contributed by atoms with Gasteiger partial charge in [0.15, 0.2) is 0 Å². The van der Waals surface area contributed by atoms with E-state index in [1.165, 1.54) is 0 Å². The van der Waals surface area contributed by atoms with E-state index >= 15 is 0 Å². The van der Waals surface area contributed by atoms with E-state index in [1.54, 1.807) is 29.2 Å². The molecule has 124 valence electrons. The zero-order valence-electron chi connectivity index (χ0n) is 12.6. The highest BCUT2D eigenvalue weighted by Crippen LogP contribution is 2.23. The van der Waals surface area contributed by atoms with Crippen molar-refractivity contribution in [1.29, 1.82) is 0 Å². The summed E-state index contributed by atoms with van der Waals surface area (Å²) < 4.78 is 5.23. The van der Waals surface area contributed by atoms with Gasteiger partial charge in [-0.25, -0.2) is 9.80 Å². The van der Waals surface area contributed by atoms with Crippen LogP contribution in [0.5, 0.6) is 0 Å². The first kappa shape index (κ1) is 16.0. The normalized spacial score (nSPS) is 22.2. The first-order valence-corrected chi connectivity index (χ1v) is 7.95. The average Bonchev–Trinajstić information content (AvgIpc) is 2.89. The molecule has 1 atom stereocenters. The molecule has 23 heavy (non-hydrogen) atoms. The molecule has 3 amide bonds. The number of nitrogens with one attached hydrogen (secondary N) is 2. The average molecular weight is 339 g/mol. The van der Waals surface area contributed by atoms with Crippen LogP contribution in [0.2, 0.25) is 5.02 Å². The summed E-state index contributed by atoms with van der Waals surface area (Å²) in [5.74, 6) is -0.0102. The van der Waals surface area contributed by atoms with E-state index in [0.29, 0.717) is 44.3 Å². The summed E-state index contributed by atoms with van der Waals surface area (Å²) in [6.07, 6.45) is 0.291. The highest BCUT2D eigenvalue weighted by molar-refractivity contribution is 6.30. The lowest BCUT2D eigenvalue weighted by atomic mass is 10.2. The van der Waals surface area contributed by atoms with Crippen LogP contribution < -0.4 is 15.6 Å². The van der Waals surface area contributed by atoms with Gasteiger partial charge in [0, 0.05) is 36.8 Å². The molecule has 1 aromatic carbocycles. The molecule has 2 heterocycles. The summed E-state index contributed by atoms with van der Waals surface area (Å²) in [6, 6.07) is 6.60. The SMILES string of the molecule is O=C(N[C@@H]1CC(=O)N(c2ccc(Cl)cc2)C1)NN1CCOCC1. The van der Waals surface area contributed by atoms with Crippen LogP contribution in [0.1, 0.15) is 6.42 Å². The van der Waals surface area contributed by atoms with Crippen LogP contribution in [0, 0.1) is 0 Å². The van der Waals surface area contributed by atoms with Crippen molar-refractivity contribution in [2.24, 2.45) is 0 Å². The lowest BCUT2D eigenvalue weighted by Gasteiger charge is -2.27. The van der Waals surface area contributed by atoms with E-state index in [-0.39, 0.29) is 18.0 Å². The molecule has 2 saturated heterocycles. The molecule has 2 N–H and O–H groups in total. The number of anilines is 1. The Morgan fingerprint density at radius 2 is 1.91 bits per heavy atom. The third-order valence-electron chi connectivity index (χ3n) is 3.87. The van der Waals surface area contributed by atoms with Crippen LogP contribution in [-0.4, -0.2) is 55.8 Å². The molecule has 0 bridgehead atoms. The molecule has 0 radical (unpaired) electrons. The molecule has 0 unspecified atom stereocenters. The number of benzene rings is 1. The highest BCUT2D eigenvalue weighted by Gasteiger charge is 2.31. The number of carbonyl (C=O) groups excluding carboxylic acids is 2. The quantitative estimate of drug-likeness (QED) is 0.862. The largest absolute Gasteiger partial charge is 0.379 e. The maximum Gasteiger partial charge on any atom is 0.329 e. The molecular formula is C15H19ClN4O3. The molecule has 1 aromatic rings. The Morgan fingerprint density at radius 1 is 1.22 bits per heavy atom. The Hall–Kier alpha value is -1.83.